The molecule has 0 bridgehead atoms. The average Bonchev–Trinajstić information content (AvgIpc) is 2.54. The summed E-state index contributed by atoms with van der Waals surface area (Å²) in [6.07, 6.45) is 2.57. The monoisotopic (exact) mass is 316 g/mol. The zero-order chi connectivity index (χ0) is 15.8. The van der Waals surface area contributed by atoms with Gasteiger partial charge in [-0.05, 0) is 29.7 Å². The van der Waals surface area contributed by atoms with E-state index in [0.29, 0.717) is 10.7 Å². The number of para-hydroxylation sites is 1. The van der Waals surface area contributed by atoms with Crippen LogP contribution in [0.4, 0.5) is 5.69 Å². The van der Waals surface area contributed by atoms with Gasteiger partial charge in [-0.3, -0.25) is 4.79 Å². The molecule has 114 valence electrons. The van der Waals surface area contributed by atoms with Gasteiger partial charge in [0, 0.05) is 0 Å². The number of halogens is 1. The summed E-state index contributed by atoms with van der Waals surface area (Å²) < 4.78 is 0. The second kappa shape index (κ2) is 8.20. The maximum atomic E-state index is 11.7. The number of carbonyl (C=O) groups is 1. The van der Waals surface area contributed by atoms with Crippen molar-refractivity contribution in [2.24, 2.45) is 5.16 Å². The third-order valence-corrected chi connectivity index (χ3v) is 3.34. The van der Waals surface area contributed by atoms with E-state index in [1.165, 1.54) is 5.56 Å². The minimum absolute atomic E-state index is 0.172. The number of nitrogens with zero attached hydrogens (tertiary/aromatic N) is 1. The molecule has 22 heavy (non-hydrogen) atoms. The number of aryl methyl sites for hydroxylation is 1. The van der Waals surface area contributed by atoms with E-state index in [1.54, 1.807) is 30.5 Å². The molecule has 0 aliphatic carbocycles. The van der Waals surface area contributed by atoms with Gasteiger partial charge in [-0.15, -0.1) is 0 Å². The molecular formula is C17H17ClN2O2. The Hall–Kier alpha value is -2.33. The maximum Gasteiger partial charge on any atom is 0.265 e. The Labute approximate surface area is 134 Å². The van der Waals surface area contributed by atoms with E-state index in [1.807, 2.05) is 24.3 Å². The Bertz CT molecular complexity index is 654. The van der Waals surface area contributed by atoms with Crippen molar-refractivity contribution >= 4 is 29.4 Å². The highest BCUT2D eigenvalue weighted by Crippen LogP contribution is 2.20. The van der Waals surface area contributed by atoms with Gasteiger partial charge in [-0.2, -0.15) is 0 Å². The summed E-state index contributed by atoms with van der Waals surface area (Å²) in [5.41, 5.74) is 2.73. The largest absolute Gasteiger partial charge is 0.386 e. The number of hydrogen-bond acceptors (Lipinski definition) is 3. The number of nitrogens with one attached hydrogen (secondary N) is 1. The van der Waals surface area contributed by atoms with Gasteiger partial charge in [0.2, 0.25) is 0 Å². The third kappa shape index (κ3) is 4.90. The molecule has 0 aliphatic rings. The summed E-state index contributed by atoms with van der Waals surface area (Å²) in [7, 11) is 0. The number of benzene rings is 2. The first-order valence-corrected chi connectivity index (χ1v) is 7.35. The summed E-state index contributed by atoms with van der Waals surface area (Å²) in [5.74, 6) is -0.313. The fourth-order valence-corrected chi connectivity index (χ4v) is 1.97. The number of anilines is 1. The number of rotatable bonds is 6. The van der Waals surface area contributed by atoms with Gasteiger partial charge < -0.3 is 10.2 Å². The molecule has 0 saturated heterocycles. The Morgan fingerprint density at radius 2 is 1.95 bits per heavy atom. The zero-order valence-electron chi connectivity index (χ0n) is 12.3. The van der Waals surface area contributed by atoms with Crippen LogP contribution in [0, 0.1) is 0 Å². The molecule has 0 radical (unpaired) electrons. The molecule has 0 saturated carbocycles. The lowest BCUT2D eigenvalue weighted by molar-refractivity contribution is -0.120. The second-order valence-electron chi connectivity index (χ2n) is 4.63. The van der Waals surface area contributed by atoms with Gasteiger partial charge in [0.25, 0.3) is 5.91 Å². The highest BCUT2D eigenvalue weighted by atomic mass is 35.5. The molecule has 0 aliphatic heterocycles. The first-order valence-electron chi connectivity index (χ1n) is 6.97. The van der Waals surface area contributed by atoms with Crippen LogP contribution in [0.2, 0.25) is 5.02 Å². The quantitative estimate of drug-likeness (QED) is 0.649. The number of oxime groups is 1. The van der Waals surface area contributed by atoms with Crippen LogP contribution in [0.25, 0.3) is 0 Å². The molecule has 4 nitrogen and oxygen atoms in total. The molecule has 0 spiro atoms. The highest BCUT2D eigenvalue weighted by Gasteiger charge is 2.05. The molecule has 0 fully saturated rings. The van der Waals surface area contributed by atoms with Gasteiger partial charge in [0.05, 0.1) is 16.9 Å². The summed E-state index contributed by atoms with van der Waals surface area (Å²) in [6, 6.07) is 15.0. The molecule has 2 rings (SSSR count). The van der Waals surface area contributed by atoms with Crippen molar-refractivity contribution in [3.05, 3.63) is 64.7 Å². The van der Waals surface area contributed by atoms with E-state index in [0.717, 1.165) is 12.0 Å². The number of carbonyl (C=O) groups excluding carboxylic acids is 1. The van der Waals surface area contributed by atoms with Crippen LogP contribution in [-0.2, 0) is 16.1 Å². The molecule has 1 N–H and O–H groups in total. The summed E-state index contributed by atoms with van der Waals surface area (Å²) in [6.45, 7) is 1.93. The minimum Gasteiger partial charge on any atom is -0.386 e. The molecule has 2 aromatic carbocycles. The lowest BCUT2D eigenvalue weighted by Crippen LogP contribution is -2.17. The van der Waals surface area contributed by atoms with Gasteiger partial charge in [-0.25, -0.2) is 0 Å². The van der Waals surface area contributed by atoms with Crippen molar-refractivity contribution in [2.75, 3.05) is 11.9 Å². The second-order valence-corrected chi connectivity index (χ2v) is 5.04. The van der Waals surface area contributed by atoms with Crippen LogP contribution in [0.1, 0.15) is 18.1 Å². The van der Waals surface area contributed by atoms with Crippen LogP contribution in [-0.4, -0.2) is 18.7 Å². The van der Waals surface area contributed by atoms with Gasteiger partial charge in [0.15, 0.2) is 6.61 Å². The van der Waals surface area contributed by atoms with Crippen molar-refractivity contribution in [1.82, 2.24) is 0 Å². The SMILES string of the molecule is CCc1ccc(/C=N\OCC(=O)Nc2ccccc2Cl)cc1. The summed E-state index contributed by atoms with van der Waals surface area (Å²) >= 11 is 5.95. The molecule has 5 heteroatoms. The zero-order valence-corrected chi connectivity index (χ0v) is 13.0. The third-order valence-electron chi connectivity index (χ3n) is 3.01. The molecule has 0 heterocycles. The van der Waals surface area contributed by atoms with Crippen LogP contribution >= 0.6 is 11.6 Å². The van der Waals surface area contributed by atoms with Crippen LogP contribution in [0.3, 0.4) is 0 Å². The lowest BCUT2D eigenvalue weighted by atomic mass is 10.1. The first kappa shape index (κ1) is 16.0. The van der Waals surface area contributed by atoms with E-state index in [2.05, 4.69) is 17.4 Å². The van der Waals surface area contributed by atoms with E-state index in [-0.39, 0.29) is 12.5 Å². The Kier molecular flexibility index (Phi) is 5.98. The molecule has 0 unspecified atom stereocenters. The predicted molar refractivity (Wildman–Crippen MR) is 89.4 cm³/mol. The van der Waals surface area contributed by atoms with Crippen LogP contribution in [0.15, 0.2) is 53.7 Å². The van der Waals surface area contributed by atoms with Crippen LogP contribution < -0.4 is 5.32 Å². The number of hydrogen-bond donors (Lipinski definition) is 1. The van der Waals surface area contributed by atoms with E-state index in [9.17, 15) is 4.79 Å². The molecular weight excluding hydrogens is 300 g/mol. The van der Waals surface area contributed by atoms with Crippen molar-refractivity contribution in [3.8, 4) is 0 Å². The highest BCUT2D eigenvalue weighted by molar-refractivity contribution is 6.33. The fourth-order valence-electron chi connectivity index (χ4n) is 1.78. The van der Waals surface area contributed by atoms with Crippen molar-refractivity contribution in [2.45, 2.75) is 13.3 Å². The predicted octanol–water partition coefficient (Wildman–Crippen LogP) is 3.89. The molecule has 2 aromatic rings. The smallest absolute Gasteiger partial charge is 0.265 e. The van der Waals surface area contributed by atoms with E-state index in [4.69, 9.17) is 16.4 Å². The summed E-state index contributed by atoms with van der Waals surface area (Å²) in [5, 5.41) is 6.92. The van der Waals surface area contributed by atoms with Crippen molar-refractivity contribution in [3.63, 3.8) is 0 Å². The molecule has 0 atom stereocenters. The van der Waals surface area contributed by atoms with Gasteiger partial charge >= 0.3 is 0 Å². The molecule has 0 aromatic heterocycles. The topological polar surface area (TPSA) is 50.7 Å². The van der Waals surface area contributed by atoms with Gasteiger partial charge in [-0.1, -0.05) is 60.1 Å². The van der Waals surface area contributed by atoms with Crippen LogP contribution in [0.5, 0.6) is 0 Å². The average molecular weight is 317 g/mol. The summed E-state index contributed by atoms with van der Waals surface area (Å²) in [4.78, 5) is 16.7. The number of amides is 1. The maximum absolute atomic E-state index is 11.7. The van der Waals surface area contributed by atoms with Gasteiger partial charge in [0.1, 0.15) is 0 Å². The molecule has 1 amide bonds. The first-order chi connectivity index (χ1) is 10.7. The Morgan fingerprint density at radius 1 is 1.23 bits per heavy atom. The Morgan fingerprint density at radius 3 is 2.64 bits per heavy atom. The van der Waals surface area contributed by atoms with Crippen molar-refractivity contribution < 1.29 is 9.63 Å². The van der Waals surface area contributed by atoms with Crippen molar-refractivity contribution in [1.29, 1.82) is 0 Å². The van der Waals surface area contributed by atoms with E-state index < -0.39 is 0 Å². The minimum atomic E-state index is -0.313. The van der Waals surface area contributed by atoms with E-state index >= 15 is 0 Å². The fraction of sp³-hybridized carbons (Fsp3) is 0.176. The normalized spacial score (nSPS) is 10.6. The standard InChI is InChI=1S/C17H17ClN2O2/c1-2-13-7-9-14(10-8-13)11-19-22-12-17(21)20-16-6-4-3-5-15(16)18/h3-11H,2,12H2,1H3,(H,20,21)/b19-11-. The lowest BCUT2D eigenvalue weighted by Gasteiger charge is -2.05. The Balaban J connectivity index is 1.79.